The van der Waals surface area contributed by atoms with E-state index in [0.717, 1.165) is 0 Å². The lowest BCUT2D eigenvalue weighted by Gasteiger charge is -2.06. The predicted molar refractivity (Wildman–Crippen MR) is 64.1 cm³/mol. The summed E-state index contributed by atoms with van der Waals surface area (Å²) in [6, 6.07) is 5.02. The molecule has 0 atom stereocenters. The largest absolute Gasteiger partial charge is 0.366 e. The summed E-state index contributed by atoms with van der Waals surface area (Å²) >= 11 is 0. The Morgan fingerprint density at radius 3 is 2.72 bits per heavy atom. The zero-order valence-corrected chi connectivity index (χ0v) is 9.64. The van der Waals surface area contributed by atoms with Crippen LogP contribution < -0.4 is 11.5 Å². The second-order valence-corrected chi connectivity index (χ2v) is 3.89. The molecule has 2 rings (SSSR count). The maximum absolute atomic E-state index is 13.9. The molecule has 0 radical (unpaired) electrons. The minimum atomic E-state index is -0.558. The Balaban J connectivity index is 2.25. The number of halogens is 1. The minimum Gasteiger partial charge on any atom is -0.366 e. The number of amides is 1. The fourth-order valence-electron chi connectivity index (χ4n) is 1.66. The van der Waals surface area contributed by atoms with Crippen LogP contribution in [0.3, 0.4) is 0 Å². The Kier molecular flexibility index (Phi) is 3.38. The lowest BCUT2D eigenvalue weighted by Crippen LogP contribution is -2.10. The third kappa shape index (κ3) is 2.38. The number of benzene rings is 1. The molecule has 1 aromatic heterocycles. The number of aromatic nitrogens is 2. The molecule has 1 heterocycles. The van der Waals surface area contributed by atoms with Gasteiger partial charge >= 0.3 is 0 Å². The first-order valence-electron chi connectivity index (χ1n) is 5.40. The average Bonchev–Trinajstić information content (AvgIpc) is 2.80. The molecule has 94 valence electrons. The quantitative estimate of drug-likeness (QED) is 0.831. The fraction of sp³-hybridized carbons (Fsp3) is 0.167. The SMILES string of the molecule is NCc1cccc(Cn2cc(C(N)=O)cn2)c1F. The van der Waals surface area contributed by atoms with Crippen molar-refractivity contribution in [2.45, 2.75) is 13.1 Å². The van der Waals surface area contributed by atoms with Gasteiger partial charge in [-0.15, -0.1) is 0 Å². The molecule has 1 aromatic carbocycles. The number of nitrogens with zero attached hydrogens (tertiary/aromatic N) is 2. The third-order valence-corrected chi connectivity index (χ3v) is 2.63. The van der Waals surface area contributed by atoms with E-state index in [1.54, 1.807) is 18.2 Å². The number of nitrogens with two attached hydrogens (primary N) is 2. The van der Waals surface area contributed by atoms with E-state index in [1.807, 2.05) is 0 Å². The molecule has 0 aliphatic rings. The number of carbonyl (C=O) groups excluding carboxylic acids is 1. The summed E-state index contributed by atoms with van der Waals surface area (Å²) in [5, 5.41) is 3.95. The predicted octanol–water partition coefficient (Wildman–Crippen LogP) is 0.628. The van der Waals surface area contributed by atoms with Crippen LogP contribution >= 0.6 is 0 Å². The molecule has 2 aromatic rings. The highest BCUT2D eigenvalue weighted by atomic mass is 19.1. The maximum atomic E-state index is 13.9. The summed E-state index contributed by atoms with van der Waals surface area (Å²) in [5.41, 5.74) is 11.8. The van der Waals surface area contributed by atoms with Crippen molar-refractivity contribution < 1.29 is 9.18 Å². The van der Waals surface area contributed by atoms with Crippen molar-refractivity contribution in [3.05, 3.63) is 53.1 Å². The molecular weight excluding hydrogens is 235 g/mol. The molecule has 6 heteroatoms. The monoisotopic (exact) mass is 248 g/mol. The van der Waals surface area contributed by atoms with Crippen molar-refractivity contribution in [2.75, 3.05) is 0 Å². The molecular formula is C12H13FN4O. The van der Waals surface area contributed by atoms with Crippen molar-refractivity contribution in [1.82, 2.24) is 9.78 Å². The van der Waals surface area contributed by atoms with Crippen LogP contribution in [0.15, 0.2) is 30.6 Å². The fourth-order valence-corrected chi connectivity index (χ4v) is 1.66. The summed E-state index contributed by atoms with van der Waals surface area (Å²) in [7, 11) is 0. The Hall–Kier alpha value is -2.21. The standard InChI is InChI=1S/C12H13FN4O/c13-11-8(4-14)2-1-3-9(11)6-17-7-10(5-16-17)12(15)18/h1-3,5,7H,4,6,14H2,(H2,15,18). The van der Waals surface area contributed by atoms with Crippen LogP contribution in [0, 0.1) is 5.82 Å². The van der Waals surface area contributed by atoms with Gasteiger partial charge in [0, 0.05) is 23.9 Å². The molecule has 18 heavy (non-hydrogen) atoms. The number of carbonyl (C=O) groups is 1. The number of primary amides is 1. The molecule has 4 N–H and O–H groups in total. The van der Waals surface area contributed by atoms with Gasteiger partial charge in [-0.1, -0.05) is 18.2 Å². The first-order chi connectivity index (χ1) is 8.61. The van der Waals surface area contributed by atoms with Crippen molar-refractivity contribution in [3.8, 4) is 0 Å². The Bertz CT molecular complexity index is 579. The third-order valence-electron chi connectivity index (χ3n) is 2.63. The van der Waals surface area contributed by atoms with Gasteiger partial charge in [-0.05, 0) is 0 Å². The molecule has 0 fully saturated rings. The van der Waals surface area contributed by atoms with E-state index >= 15 is 0 Å². The zero-order chi connectivity index (χ0) is 13.1. The van der Waals surface area contributed by atoms with E-state index in [9.17, 15) is 9.18 Å². The molecule has 5 nitrogen and oxygen atoms in total. The zero-order valence-electron chi connectivity index (χ0n) is 9.64. The van der Waals surface area contributed by atoms with Crippen LogP contribution in [0.25, 0.3) is 0 Å². The minimum absolute atomic E-state index is 0.144. The van der Waals surface area contributed by atoms with Gasteiger partial charge in [-0.25, -0.2) is 4.39 Å². The number of rotatable bonds is 4. The Labute approximate surface area is 103 Å². The van der Waals surface area contributed by atoms with Crippen LogP contribution in [0.4, 0.5) is 4.39 Å². The van der Waals surface area contributed by atoms with Crippen LogP contribution in [0.2, 0.25) is 0 Å². The van der Waals surface area contributed by atoms with E-state index in [1.165, 1.54) is 17.1 Å². The molecule has 0 bridgehead atoms. The molecule has 0 saturated carbocycles. The highest BCUT2D eigenvalue weighted by molar-refractivity contribution is 5.92. The van der Waals surface area contributed by atoms with E-state index in [2.05, 4.69) is 5.10 Å². The van der Waals surface area contributed by atoms with Crippen molar-refractivity contribution in [1.29, 1.82) is 0 Å². The van der Waals surface area contributed by atoms with Gasteiger partial charge in [0.05, 0.1) is 18.3 Å². The summed E-state index contributed by atoms with van der Waals surface area (Å²) in [6.07, 6.45) is 2.84. The van der Waals surface area contributed by atoms with Crippen LogP contribution in [-0.2, 0) is 13.1 Å². The maximum Gasteiger partial charge on any atom is 0.251 e. The van der Waals surface area contributed by atoms with Gasteiger partial charge in [-0.3, -0.25) is 9.48 Å². The summed E-state index contributed by atoms with van der Waals surface area (Å²) < 4.78 is 15.4. The van der Waals surface area contributed by atoms with Crippen LogP contribution in [0.5, 0.6) is 0 Å². The molecule has 0 saturated heterocycles. The average molecular weight is 248 g/mol. The van der Waals surface area contributed by atoms with Gasteiger partial charge in [0.15, 0.2) is 0 Å². The lowest BCUT2D eigenvalue weighted by molar-refractivity contribution is 0.1000. The molecule has 1 amide bonds. The lowest BCUT2D eigenvalue weighted by atomic mass is 10.1. The highest BCUT2D eigenvalue weighted by Crippen LogP contribution is 2.13. The Morgan fingerprint density at radius 1 is 1.39 bits per heavy atom. The molecule has 0 aliphatic carbocycles. The summed E-state index contributed by atoms with van der Waals surface area (Å²) in [4.78, 5) is 10.9. The summed E-state index contributed by atoms with van der Waals surface area (Å²) in [6.45, 7) is 0.373. The van der Waals surface area contributed by atoms with Gasteiger partial charge in [0.1, 0.15) is 5.82 Å². The first kappa shape index (κ1) is 12.3. The Morgan fingerprint density at radius 2 is 2.11 bits per heavy atom. The van der Waals surface area contributed by atoms with Crippen molar-refractivity contribution in [3.63, 3.8) is 0 Å². The molecule has 0 aliphatic heterocycles. The normalized spacial score (nSPS) is 10.6. The van der Waals surface area contributed by atoms with E-state index < -0.39 is 5.91 Å². The smallest absolute Gasteiger partial charge is 0.251 e. The second-order valence-electron chi connectivity index (χ2n) is 3.89. The first-order valence-corrected chi connectivity index (χ1v) is 5.40. The second kappa shape index (κ2) is 4.97. The number of hydrogen-bond donors (Lipinski definition) is 2. The highest BCUT2D eigenvalue weighted by Gasteiger charge is 2.09. The molecule has 0 spiro atoms. The van der Waals surface area contributed by atoms with Gasteiger partial charge < -0.3 is 11.5 Å². The number of hydrogen-bond acceptors (Lipinski definition) is 3. The van der Waals surface area contributed by atoms with Crippen molar-refractivity contribution >= 4 is 5.91 Å². The van der Waals surface area contributed by atoms with Gasteiger partial charge in [-0.2, -0.15) is 5.10 Å². The van der Waals surface area contributed by atoms with Gasteiger partial charge in [0.2, 0.25) is 0 Å². The van der Waals surface area contributed by atoms with E-state index in [0.29, 0.717) is 16.7 Å². The topological polar surface area (TPSA) is 86.9 Å². The van der Waals surface area contributed by atoms with Crippen LogP contribution in [0.1, 0.15) is 21.5 Å². The van der Waals surface area contributed by atoms with E-state index in [4.69, 9.17) is 11.5 Å². The molecule has 0 unspecified atom stereocenters. The van der Waals surface area contributed by atoms with Gasteiger partial charge in [0.25, 0.3) is 5.91 Å². The summed E-state index contributed by atoms with van der Waals surface area (Å²) in [5.74, 6) is -0.895. The van der Waals surface area contributed by atoms with Crippen molar-refractivity contribution in [2.24, 2.45) is 11.5 Å². The van der Waals surface area contributed by atoms with Crippen LogP contribution in [-0.4, -0.2) is 15.7 Å². The van der Waals surface area contributed by atoms with E-state index in [-0.39, 0.29) is 18.9 Å².